The Bertz CT molecular complexity index is 652. The zero-order chi connectivity index (χ0) is 19.8. The molecule has 2 aliphatic rings. The van der Waals surface area contributed by atoms with E-state index in [1.54, 1.807) is 0 Å². The zero-order valence-corrected chi connectivity index (χ0v) is 20.8. The van der Waals surface area contributed by atoms with Crippen LogP contribution in [0.3, 0.4) is 0 Å². The summed E-state index contributed by atoms with van der Waals surface area (Å²) in [4.78, 5) is 11.9. The van der Waals surface area contributed by atoms with Gasteiger partial charge in [0.25, 0.3) is 0 Å². The van der Waals surface area contributed by atoms with Crippen LogP contribution >= 0.6 is 7.92 Å². The van der Waals surface area contributed by atoms with E-state index in [4.69, 9.17) is 0 Å². The van der Waals surface area contributed by atoms with Crippen molar-refractivity contribution in [1.82, 2.24) is 0 Å². The molecule has 2 saturated carbocycles. The van der Waals surface area contributed by atoms with Crippen molar-refractivity contribution in [1.29, 1.82) is 0 Å². The minimum Gasteiger partial charge on any atom is -0.358 e. The summed E-state index contributed by atoms with van der Waals surface area (Å²) in [6, 6.07) is 21.6. The first-order valence-electron chi connectivity index (χ1n) is 11.1. The minimum atomic E-state index is -0.480. The molecule has 166 valence electrons. The molecule has 2 aromatic carbocycles. The molecule has 2 aliphatic carbocycles. The molecule has 0 bridgehead atoms. The van der Waals surface area contributed by atoms with Crippen LogP contribution in [0.5, 0.6) is 0 Å². The third-order valence-electron chi connectivity index (χ3n) is 6.40. The Balaban J connectivity index is 0.000000566. The van der Waals surface area contributed by atoms with Gasteiger partial charge >= 0.3 is 0 Å². The molecule has 30 heavy (non-hydrogen) atoms. The molecule has 2 fully saturated rings. The van der Waals surface area contributed by atoms with E-state index in [0.717, 1.165) is 0 Å². The van der Waals surface area contributed by atoms with Crippen LogP contribution in [0.15, 0.2) is 60.7 Å². The Morgan fingerprint density at radius 1 is 0.800 bits per heavy atom. The second-order valence-corrected chi connectivity index (χ2v) is 11.0. The minimum absolute atomic E-state index is 0. The van der Waals surface area contributed by atoms with Crippen molar-refractivity contribution in [3.05, 3.63) is 68.1 Å². The molecule has 3 unspecified atom stereocenters. The maximum absolute atomic E-state index is 11.9. The monoisotopic (exact) mass is 465 g/mol. The van der Waals surface area contributed by atoms with Gasteiger partial charge in [0, 0.05) is 23.0 Å². The van der Waals surface area contributed by atoms with Crippen LogP contribution in [0.2, 0.25) is 0 Å². The molecule has 3 atom stereocenters. The first kappa shape index (κ1) is 27.1. The van der Waals surface area contributed by atoms with Crippen molar-refractivity contribution < 1.29 is 21.9 Å². The van der Waals surface area contributed by atoms with Crippen molar-refractivity contribution in [3.63, 3.8) is 0 Å². The van der Waals surface area contributed by atoms with Crippen molar-refractivity contribution in [2.45, 2.75) is 64.5 Å². The molecule has 0 aromatic heterocycles. The number of hydrogen-bond donors (Lipinski definition) is 0. The van der Waals surface area contributed by atoms with Gasteiger partial charge in [0.15, 0.2) is 0 Å². The van der Waals surface area contributed by atoms with Crippen LogP contribution in [0.25, 0.3) is 0 Å². The predicted molar refractivity (Wildman–Crippen MR) is 129 cm³/mol. The molecule has 2 aromatic rings. The third-order valence-corrected chi connectivity index (χ3v) is 9.37. The number of hydrogen-bond acceptors (Lipinski definition) is 1. The predicted octanol–water partition coefficient (Wildman–Crippen LogP) is 6.77. The molecule has 0 saturated heterocycles. The Hall–Kier alpha value is -0.941. The molecule has 0 amide bonds. The second-order valence-electron chi connectivity index (χ2n) is 8.57. The molecule has 0 heterocycles. The molecule has 0 spiro atoms. The summed E-state index contributed by atoms with van der Waals surface area (Å²) in [6.07, 6.45) is 11.1. The van der Waals surface area contributed by atoms with E-state index >= 15 is 0 Å². The van der Waals surface area contributed by atoms with E-state index in [0.29, 0.717) is 17.5 Å². The fraction of sp³-hybridized carbons (Fsp3) is 0.481. The van der Waals surface area contributed by atoms with E-state index in [1.165, 1.54) is 61.8 Å². The van der Waals surface area contributed by atoms with Crippen LogP contribution in [-0.2, 0) is 21.9 Å². The van der Waals surface area contributed by atoms with Gasteiger partial charge < -0.3 is 12.2 Å². The Morgan fingerprint density at radius 3 is 1.60 bits per heavy atom. The largest absolute Gasteiger partial charge is 0.358 e. The summed E-state index contributed by atoms with van der Waals surface area (Å²) in [7, 11) is -0.480. The molecular formula is C27H38FeOP-. The molecular weight excluding hydrogens is 427 g/mol. The van der Waals surface area contributed by atoms with Gasteiger partial charge in [-0.2, -0.15) is 0 Å². The average molecular weight is 465 g/mol. The van der Waals surface area contributed by atoms with Crippen molar-refractivity contribution in [2.75, 3.05) is 0 Å². The van der Waals surface area contributed by atoms with E-state index in [-0.39, 0.29) is 30.4 Å². The van der Waals surface area contributed by atoms with Gasteiger partial charge in [-0.1, -0.05) is 107 Å². The van der Waals surface area contributed by atoms with Crippen LogP contribution in [0, 0.1) is 25.2 Å². The number of benzene rings is 2. The zero-order valence-electron chi connectivity index (χ0n) is 18.8. The standard InChI is InChI=1S/C21H25OP.C5H10.CH3.Fe/c1-16(2)19-13-14-21(20(19)15-22)23(17-9-5-3-6-10-17)18-11-7-4-8-12-18;1-2-4-5-3-1;;/h3-12,15-16,19-21H,13-14H2,1-2H3;1-5H2;1H3;/q;;-1;. The number of carbonyl (C=O) groups excluding carboxylic acids is 1. The first-order chi connectivity index (χ1) is 13.7. The van der Waals surface area contributed by atoms with E-state index in [9.17, 15) is 4.79 Å². The number of aldehydes is 1. The first-order valence-corrected chi connectivity index (χ1v) is 12.5. The molecule has 1 nitrogen and oxygen atoms in total. The van der Waals surface area contributed by atoms with Gasteiger partial charge in [-0.3, -0.25) is 0 Å². The number of rotatable bonds is 5. The van der Waals surface area contributed by atoms with Crippen LogP contribution < -0.4 is 10.6 Å². The fourth-order valence-corrected chi connectivity index (χ4v) is 7.99. The van der Waals surface area contributed by atoms with Crippen LogP contribution in [0.4, 0.5) is 0 Å². The summed E-state index contributed by atoms with van der Waals surface area (Å²) in [6.45, 7) is 4.52. The normalized spacial score (nSPS) is 22.6. The van der Waals surface area contributed by atoms with Gasteiger partial charge in [-0.15, -0.1) is 0 Å². The number of carbonyl (C=O) groups is 1. The summed E-state index contributed by atoms with van der Waals surface area (Å²) < 4.78 is 0. The Morgan fingerprint density at radius 2 is 1.23 bits per heavy atom. The third kappa shape index (κ3) is 7.05. The van der Waals surface area contributed by atoms with Crippen molar-refractivity contribution in [2.24, 2.45) is 17.8 Å². The summed E-state index contributed by atoms with van der Waals surface area (Å²) in [5.41, 5.74) is 0.472. The summed E-state index contributed by atoms with van der Waals surface area (Å²) >= 11 is 0. The van der Waals surface area contributed by atoms with E-state index < -0.39 is 7.92 Å². The van der Waals surface area contributed by atoms with Gasteiger partial charge in [-0.25, -0.2) is 0 Å². The Kier molecular flexibility index (Phi) is 12.8. The molecule has 0 N–H and O–H groups in total. The second kappa shape index (κ2) is 14.2. The quantitative estimate of drug-likeness (QED) is 0.206. The molecule has 0 radical (unpaired) electrons. The Labute approximate surface area is 196 Å². The average Bonchev–Trinajstić information content (AvgIpc) is 3.43. The van der Waals surface area contributed by atoms with Crippen molar-refractivity contribution in [3.8, 4) is 0 Å². The molecule has 0 aliphatic heterocycles. The van der Waals surface area contributed by atoms with E-state index in [1.807, 2.05) is 0 Å². The van der Waals surface area contributed by atoms with Crippen molar-refractivity contribution >= 4 is 24.8 Å². The fourth-order valence-electron chi connectivity index (χ4n) is 4.90. The van der Waals surface area contributed by atoms with Gasteiger partial charge in [0.2, 0.25) is 0 Å². The molecule has 3 heteroatoms. The maximum Gasteiger partial charge on any atom is 0.124 e. The van der Waals surface area contributed by atoms with Crippen LogP contribution in [-0.4, -0.2) is 11.9 Å². The summed E-state index contributed by atoms with van der Waals surface area (Å²) in [5, 5.41) is 2.80. The van der Waals surface area contributed by atoms with Gasteiger partial charge in [0.1, 0.15) is 6.29 Å². The van der Waals surface area contributed by atoms with Gasteiger partial charge in [0.05, 0.1) is 0 Å². The summed E-state index contributed by atoms with van der Waals surface area (Å²) in [5.74, 6) is 1.31. The van der Waals surface area contributed by atoms with Crippen LogP contribution in [0.1, 0.15) is 58.8 Å². The van der Waals surface area contributed by atoms with Gasteiger partial charge in [-0.05, 0) is 48.9 Å². The maximum atomic E-state index is 11.9. The SMILES string of the molecule is C1CCCC1.CC(C)C1CCC(P(c2ccccc2)c2ccccc2)C1C=O.[CH3-].[Fe]. The molecule has 4 rings (SSSR count). The topological polar surface area (TPSA) is 17.1 Å². The van der Waals surface area contributed by atoms with E-state index in [2.05, 4.69) is 74.5 Å². The smallest absolute Gasteiger partial charge is 0.124 e.